The Kier molecular flexibility index (Phi) is 1.30. The third-order valence-corrected chi connectivity index (χ3v) is 1.70. The Morgan fingerprint density at radius 1 is 1.57 bits per heavy atom. The van der Waals surface area contributed by atoms with Crippen molar-refractivity contribution in [2.45, 2.75) is 24.9 Å². The van der Waals surface area contributed by atoms with Gasteiger partial charge >= 0.3 is 0 Å². The second-order valence-corrected chi connectivity index (χ2v) is 2.14. The van der Waals surface area contributed by atoms with Crippen LogP contribution in [-0.4, -0.2) is 19.1 Å². The SMILES string of the molecule is CN[C@H]1CC[C@H]1N. The molecule has 0 radical (unpaired) electrons. The van der Waals surface area contributed by atoms with Crippen LogP contribution in [-0.2, 0) is 0 Å². The molecule has 0 spiro atoms. The standard InChI is InChI=1S/C5H12N2/c1-7-5-3-2-4(5)6/h4-5,7H,2-3,6H2,1H3/t4-,5+/m1/s1. The number of nitrogens with one attached hydrogen (secondary N) is 1. The summed E-state index contributed by atoms with van der Waals surface area (Å²) in [6.45, 7) is 0. The molecular formula is C5H12N2. The van der Waals surface area contributed by atoms with E-state index < -0.39 is 0 Å². The molecule has 0 aromatic heterocycles. The van der Waals surface area contributed by atoms with E-state index in [9.17, 15) is 0 Å². The van der Waals surface area contributed by atoms with E-state index in [0.717, 1.165) is 0 Å². The molecule has 0 unspecified atom stereocenters. The summed E-state index contributed by atoms with van der Waals surface area (Å²) in [4.78, 5) is 0. The van der Waals surface area contributed by atoms with Crippen molar-refractivity contribution in [2.24, 2.45) is 5.73 Å². The fourth-order valence-corrected chi connectivity index (χ4v) is 0.884. The molecule has 2 nitrogen and oxygen atoms in total. The van der Waals surface area contributed by atoms with E-state index in [1.54, 1.807) is 0 Å². The summed E-state index contributed by atoms with van der Waals surface area (Å²) in [6.07, 6.45) is 2.46. The topological polar surface area (TPSA) is 38.0 Å². The molecule has 1 rings (SSSR count). The van der Waals surface area contributed by atoms with Crippen LogP contribution in [0.5, 0.6) is 0 Å². The van der Waals surface area contributed by atoms with Gasteiger partial charge < -0.3 is 11.1 Å². The van der Waals surface area contributed by atoms with Gasteiger partial charge in [0.25, 0.3) is 0 Å². The molecule has 0 bridgehead atoms. The molecule has 0 saturated heterocycles. The monoisotopic (exact) mass is 100 g/mol. The lowest BCUT2D eigenvalue weighted by Gasteiger charge is -2.32. The smallest absolute Gasteiger partial charge is 0.0216 e. The van der Waals surface area contributed by atoms with Crippen LogP contribution in [0.1, 0.15) is 12.8 Å². The third-order valence-electron chi connectivity index (χ3n) is 1.70. The van der Waals surface area contributed by atoms with Crippen LogP contribution in [0.2, 0.25) is 0 Å². The van der Waals surface area contributed by atoms with E-state index >= 15 is 0 Å². The lowest BCUT2D eigenvalue weighted by atomic mass is 9.88. The average molecular weight is 100 g/mol. The first-order chi connectivity index (χ1) is 3.34. The van der Waals surface area contributed by atoms with E-state index in [-0.39, 0.29) is 0 Å². The average Bonchev–Trinajstić information content (AvgIpc) is 1.65. The van der Waals surface area contributed by atoms with Crippen LogP contribution in [0.4, 0.5) is 0 Å². The van der Waals surface area contributed by atoms with Crippen LogP contribution in [0.15, 0.2) is 0 Å². The Labute approximate surface area is 44.1 Å². The van der Waals surface area contributed by atoms with Crippen molar-refractivity contribution in [2.75, 3.05) is 7.05 Å². The Balaban J connectivity index is 2.16. The van der Waals surface area contributed by atoms with Gasteiger partial charge in [-0.25, -0.2) is 0 Å². The zero-order chi connectivity index (χ0) is 5.28. The van der Waals surface area contributed by atoms with Gasteiger partial charge in [-0.15, -0.1) is 0 Å². The number of rotatable bonds is 1. The maximum atomic E-state index is 5.57. The fraction of sp³-hybridized carbons (Fsp3) is 1.00. The Hall–Kier alpha value is -0.0800. The molecule has 1 fully saturated rings. The van der Waals surface area contributed by atoms with Gasteiger partial charge in [-0.05, 0) is 19.9 Å². The summed E-state index contributed by atoms with van der Waals surface area (Å²) in [5.41, 5.74) is 5.57. The van der Waals surface area contributed by atoms with E-state index in [2.05, 4.69) is 5.32 Å². The molecule has 2 atom stereocenters. The molecule has 0 aliphatic heterocycles. The van der Waals surface area contributed by atoms with E-state index in [0.29, 0.717) is 12.1 Å². The van der Waals surface area contributed by atoms with Crippen LogP contribution in [0.3, 0.4) is 0 Å². The molecule has 42 valence electrons. The molecular weight excluding hydrogens is 88.1 g/mol. The Morgan fingerprint density at radius 2 is 2.29 bits per heavy atom. The molecule has 7 heavy (non-hydrogen) atoms. The first-order valence-electron chi connectivity index (χ1n) is 2.77. The van der Waals surface area contributed by atoms with Crippen LogP contribution in [0.25, 0.3) is 0 Å². The molecule has 0 heterocycles. The van der Waals surface area contributed by atoms with Gasteiger partial charge in [0, 0.05) is 12.1 Å². The van der Waals surface area contributed by atoms with Gasteiger partial charge in [-0.3, -0.25) is 0 Å². The highest BCUT2D eigenvalue weighted by atomic mass is 14.9. The Morgan fingerprint density at radius 3 is 2.29 bits per heavy atom. The zero-order valence-electron chi connectivity index (χ0n) is 4.65. The third kappa shape index (κ3) is 0.763. The second kappa shape index (κ2) is 1.80. The van der Waals surface area contributed by atoms with Gasteiger partial charge in [-0.2, -0.15) is 0 Å². The van der Waals surface area contributed by atoms with Crippen molar-refractivity contribution in [3.63, 3.8) is 0 Å². The summed E-state index contributed by atoms with van der Waals surface area (Å²) < 4.78 is 0. The molecule has 1 saturated carbocycles. The maximum Gasteiger partial charge on any atom is 0.0216 e. The predicted molar refractivity (Wildman–Crippen MR) is 30.1 cm³/mol. The zero-order valence-corrected chi connectivity index (χ0v) is 4.65. The van der Waals surface area contributed by atoms with Crippen LogP contribution in [0, 0.1) is 0 Å². The molecule has 1 aliphatic carbocycles. The molecule has 2 heteroatoms. The lowest BCUT2D eigenvalue weighted by molar-refractivity contribution is 0.302. The van der Waals surface area contributed by atoms with Crippen molar-refractivity contribution in [3.05, 3.63) is 0 Å². The van der Waals surface area contributed by atoms with Gasteiger partial charge in [0.1, 0.15) is 0 Å². The Bertz CT molecular complexity index is 61.1. The first-order valence-corrected chi connectivity index (χ1v) is 2.77. The van der Waals surface area contributed by atoms with Crippen molar-refractivity contribution in [1.29, 1.82) is 0 Å². The predicted octanol–water partition coefficient (Wildman–Crippen LogP) is -0.305. The molecule has 0 amide bonds. The van der Waals surface area contributed by atoms with E-state index in [4.69, 9.17) is 5.73 Å². The number of likely N-dealkylation sites (N-methyl/N-ethyl adjacent to an activating group) is 1. The van der Waals surface area contributed by atoms with Crippen molar-refractivity contribution < 1.29 is 0 Å². The van der Waals surface area contributed by atoms with Gasteiger partial charge in [0.2, 0.25) is 0 Å². The van der Waals surface area contributed by atoms with Crippen molar-refractivity contribution in [3.8, 4) is 0 Å². The summed E-state index contributed by atoms with van der Waals surface area (Å²) >= 11 is 0. The van der Waals surface area contributed by atoms with E-state index in [1.807, 2.05) is 7.05 Å². The summed E-state index contributed by atoms with van der Waals surface area (Å²) in [5.74, 6) is 0. The van der Waals surface area contributed by atoms with Gasteiger partial charge in [0.05, 0.1) is 0 Å². The number of hydrogen-bond donors (Lipinski definition) is 2. The highest BCUT2D eigenvalue weighted by Gasteiger charge is 2.24. The lowest BCUT2D eigenvalue weighted by Crippen LogP contribution is -2.51. The minimum atomic E-state index is 0.435. The van der Waals surface area contributed by atoms with E-state index in [1.165, 1.54) is 12.8 Å². The van der Waals surface area contributed by atoms with Crippen molar-refractivity contribution >= 4 is 0 Å². The molecule has 0 aromatic carbocycles. The summed E-state index contributed by atoms with van der Waals surface area (Å²) in [6, 6.07) is 1.05. The normalized spacial score (nSPS) is 40.3. The first kappa shape index (κ1) is 5.06. The fourth-order valence-electron chi connectivity index (χ4n) is 0.884. The molecule has 3 N–H and O–H groups in total. The second-order valence-electron chi connectivity index (χ2n) is 2.14. The van der Waals surface area contributed by atoms with Crippen LogP contribution < -0.4 is 11.1 Å². The largest absolute Gasteiger partial charge is 0.326 e. The summed E-state index contributed by atoms with van der Waals surface area (Å²) in [5, 5.41) is 3.13. The van der Waals surface area contributed by atoms with Crippen molar-refractivity contribution in [1.82, 2.24) is 5.32 Å². The molecule has 1 aliphatic rings. The number of hydrogen-bond acceptors (Lipinski definition) is 2. The molecule has 0 aromatic rings. The highest BCUT2D eigenvalue weighted by Crippen LogP contribution is 2.15. The van der Waals surface area contributed by atoms with Gasteiger partial charge in [-0.1, -0.05) is 0 Å². The number of nitrogens with two attached hydrogens (primary N) is 1. The minimum Gasteiger partial charge on any atom is -0.326 e. The minimum absolute atomic E-state index is 0.435. The highest BCUT2D eigenvalue weighted by molar-refractivity contribution is 4.88. The summed E-state index contributed by atoms with van der Waals surface area (Å²) in [7, 11) is 1.96. The maximum absolute atomic E-state index is 5.57. The quantitative estimate of drug-likeness (QED) is 0.474. The van der Waals surface area contributed by atoms with Crippen LogP contribution >= 0.6 is 0 Å². The van der Waals surface area contributed by atoms with Gasteiger partial charge in [0.15, 0.2) is 0 Å².